The minimum Gasteiger partial charge on any atom is -0.423 e. The first-order valence-electron chi connectivity index (χ1n) is 6.61. The number of ether oxygens (including phenoxy) is 1. The summed E-state index contributed by atoms with van der Waals surface area (Å²) in [4.78, 5) is 37.8. The zero-order valence-electron chi connectivity index (χ0n) is 12.7. The van der Waals surface area contributed by atoms with Gasteiger partial charge in [-0.2, -0.15) is 0 Å². The zero-order chi connectivity index (χ0) is 15.5. The lowest BCUT2D eigenvalue weighted by molar-refractivity contribution is -0.152. The Morgan fingerprint density at radius 1 is 1.10 bits per heavy atom. The number of alkyl carbamates (subject to hydrolysis) is 1. The summed E-state index contributed by atoms with van der Waals surface area (Å²) in [5, 5.41) is 2.67. The van der Waals surface area contributed by atoms with Gasteiger partial charge in [-0.25, -0.2) is 4.79 Å². The molecule has 0 aromatic carbocycles. The van der Waals surface area contributed by atoms with E-state index in [0.29, 0.717) is 13.1 Å². The van der Waals surface area contributed by atoms with Crippen LogP contribution in [0.1, 0.15) is 34.6 Å². The Morgan fingerprint density at radius 3 is 2.15 bits per heavy atom. The summed E-state index contributed by atoms with van der Waals surface area (Å²) < 4.78 is 5.28. The normalized spacial score (nSPS) is 19.6. The molecular formula is C13H23N3O4. The van der Waals surface area contributed by atoms with Crippen molar-refractivity contribution >= 4 is 17.9 Å². The minimum absolute atomic E-state index is 0.0990. The summed E-state index contributed by atoms with van der Waals surface area (Å²) >= 11 is 0. The molecular weight excluding hydrogens is 262 g/mol. The SMILES string of the molecule is CC(=O)N1CCN(C(C)=O)[C@@H](OC(=O)NC(C)(C)C)C1. The number of nitrogens with zero attached hydrogens (tertiary/aromatic N) is 2. The van der Waals surface area contributed by atoms with Crippen molar-refractivity contribution in [3.8, 4) is 0 Å². The molecule has 1 saturated heterocycles. The molecule has 7 nitrogen and oxygen atoms in total. The Hall–Kier alpha value is -1.79. The van der Waals surface area contributed by atoms with Gasteiger partial charge in [0.05, 0.1) is 6.54 Å². The predicted molar refractivity (Wildman–Crippen MR) is 72.8 cm³/mol. The van der Waals surface area contributed by atoms with E-state index in [1.807, 2.05) is 20.8 Å². The van der Waals surface area contributed by atoms with E-state index in [1.54, 1.807) is 4.90 Å². The Morgan fingerprint density at radius 2 is 1.70 bits per heavy atom. The monoisotopic (exact) mass is 285 g/mol. The van der Waals surface area contributed by atoms with Gasteiger partial charge >= 0.3 is 6.09 Å². The molecule has 0 bridgehead atoms. The second-order valence-electron chi connectivity index (χ2n) is 5.91. The van der Waals surface area contributed by atoms with Crippen molar-refractivity contribution < 1.29 is 19.1 Å². The van der Waals surface area contributed by atoms with Gasteiger partial charge in [-0.15, -0.1) is 0 Å². The molecule has 1 fully saturated rings. The molecule has 3 amide bonds. The van der Waals surface area contributed by atoms with Crippen LogP contribution in [0, 0.1) is 0 Å². The smallest absolute Gasteiger partial charge is 0.409 e. The molecule has 1 aliphatic heterocycles. The Labute approximate surface area is 119 Å². The topological polar surface area (TPSA) is 79.0 Å². The number of carbonyl (C=O) groups excluding carboxylic acids is 3. The first-order valence-corrected chi connectivity index (χ1v) is 6.61. The zero-order valence-corrected chi connectivity index (χ0v) is 12.7. The second-order valence-corrected chi connectivity index (χ2v) is 5.91. The molecule has 0 aromatic heterocycles. The van der Waals surface area contributed by atoms with Crippen molar-refractivity contribution in [1.29, 1.82) is 0 Å². The minimum atomic E-state index is -0.743. The molecule has 1 heterocycles. The van der Waals surface area contributed by atoms with E-state index < -0.39 is 17.9 Å². The highest BCUT2D eigenvalue weighted by atomic mass is 16.6. The highest BCUT2D eigenvalue weighted by Gasteiger charge is 2.33. The van der Waals surface area contributed by atoms with Crippen molar-refractivity contribution in [3.63, 3.8) is 0 Å². The Balaban J connectivity index is 2.72. The van der Waals surface area contributed by atoms with Crippen molar-refractivity contribution in [2.45, 2.75) is 46.4 Å². The van der Waals surface area contributed by atoms with Crippen LogP contribution in [-0.2, 0) is 14.3 Å². The van der Waals surface area contributed by atoms with Crippen LogP contribution >= 0.6 is 0 Å². The summed E-state index contributed by atoms with van der Waals surface area (Å²) in [5.74, 6) is -0.278. The molecule has 0 radical (unpaired) electrons. The van der Waals surface area contributed by atoms with Gasteiger partial charge in [-0.05, 0) is 20.8 Å². The standard InChI is InChI=1S/C13H23N3O4/c1-9(17)15-6-7-16(10(2)18)11(8-15)20-12(19)14-13(3,4)5/h11H,6-8H2,1-5H3,(H,14,19)/t11-/m0/s1. The van der Waals surface area contributed by atoms with Crippen LogP contribution in [-0.4, -0.2) is 59.1 Å². The number of hydrogen-bond donors (Lipinski definition) is 1. The first kappa shape index (κ1) is 16.3. The van der Waals surface area contributed by atoms with Gasteiger partial charge in [0.1, 0.15) is 0 Å². The van der Waals surface area contributed by atoms with E-state index >= 15 is 0 Å². The maximum atomic E-state index is 11.8. The van der Waals surface area contributed by atoms with Crippen LogP contribution in [0.5, 0.6) is 0 Å². The third-order valence-corrected chi connectivity index (χ3v) is 2.90. The third kappa shape index (κ3) is 4.71. The Kier molecular flexibility index (Phi) is 4.97. The van der Waals surface area contributed by atoms with E-state index in [1.165, 1.54) is 18.7 Å². The van der Waals surface area contributed by atoms with Gasteiger partial charge < -0.3 is 19.9 Å². The fourth-order valence-electron chi connectivity index (χ4n) is 1.96. The third-order valence-electron chi connectivity index (χ3n) is 2.90. The molecule has 1 aliphatic rings. The number of nitrogens with one attached hydrogen (secondary N) is 1. The van der Waals surface area contributed by atoms with Gasteiger partial charge in [0.15, 0.2) is 6.23 Å². The number of carbonyl (C=O) groups is 3. The second kappa shape index (κ2) is 6.11. The maximum absolute atomic E-state index is 11.8. The molecule has 1 atom stereocenters. The van der Waals surface area contributed by atoms with Crippen LogP contribution < -0.4 is 5.32 Å². The van der Waals surface area contributed by atoms with E-state index in [0.717, 1.165) is 0 Å². The summed E-state index contributed by atoms with van der Waals surface area (Å²) in [6.45, 7) is 9.39. The summed E-state index contributed by atoms with van der Waals surface area (Å²) in [5.41, 5.74) is -0.424. The Bertz CT molecular complexity index is 403. The van der Waals surface area contributed by atoms with Crippen molar-refractivity contribution in [3.05, 3.63) is 0 Å². The maximum Gasteiger partial charge on any atom is 0.409 e. The van der Waals surface area contributed by atoms with E-state index in [4.69, 9.17) is 4.74 Å². The largest absolute Gasteiger partial charge is 0.423 e. The van der Waals surface area contributed by atoms with Crippen LogP contribution in [0.25, 0.3) is 0 Å². The lowest BCUT2D eigenvalue weighted by atomic mass is 10.1. The molecule has 1 N–H and O–H groups in total. The lowest BCUT2D eigenvalue weighted by Crippen LogP contribution is -2.58. The first-order chi connectivity index (χ1) is 9.10. The predicted octanol–water partition coefficient (Wildman–Crippen LogP) is 0.548. The number of hydrogen-bond acceptors (Lipinski definition) is 4. The van der Waals surface area contributed by atoms with E-state index in [2.05, 4.69) is 5.32 Å². The van der Waals surface area contributed by atoms with E-state index in [-0.39, 0.29) is 18.4 Å². The lowest BCUT2D eigenvalue weighted by Gasteiger charge is -2.40. The highest BCUT2D eigenvalue weighted by Crippen LogP contribution is 2.12. The number of rotatable bonds is 1. The fourth-order valence-corrected chi connectivity index (χ4v) is 1.96. The van der Waals surface area contributed by atoms with Gasteiger partial charge in [0.2, 0.25) is 11.8 Å². The number of amides is 3. The van der Waals surface area contributed by atoms with E-state index in [9.17, 15) is 14.4 Å². The van der Waals surface area contributed by atoms with Gasteiger partial charge in [0, 0.05) is 32.5 Å². The molecule has 0 aromatic rings. The van der Waals surface area contributed by atoms with Crippen molar-refractivity contribution in [2.24, 2.45) is 0 Å². The number of piperazine rings is 1. The van der Waals surface area contributed by atoms with Gasteiger partial charge in [-0.1, -0.05) is 0 Å². The van der Waals surface area contributed by atoms with Crippen LogP contribution in [0.2, 0.25) is 0 Å². The molecule has 20 heavy (non-hydrogen) atoms. The molecule has 0 unspecified atom stereocenters. The average Bonchev–Trinajstić information content (AvgIpc) is 2.25. The molecule has 1 rings (SSSR count). The van der Waals surface area contributed by atoms with Crippen LogP contribution in [0.4, 0.5) is 4.79 Å². The molecule has 0 spiro atoms. The van der Waals surface area contributed by atoms with Gasteiger partial charge in [0.25, 0.3) is 0 Å². The van der Waals surface area contributed by atoms with Crippen LogP contribution in [0.15, 0.2) is 0 Å². The highest BCUT2D eigenvalue weighted by molar-refractivity contribution is 5.76. The molecule has 0 aliphatic carbocycles. The summed E-state index contributed by atoms with van der Waals surface area (Å²) in [7, 11) is 0. The van der Waals surface area contributed by atoms with Crippen LogP contribution in [0.3, 0.4) is 0 Å². The summed E-state index contributed by atoms with van der Waals surface area (Å²) in [6.07, 6.45) is -1.34. The average molecular weight is 285 g/mol. The fraction of sp³-hybridized carbons (Fsp3) is 0.769. The quantitative estimate of drug-likeness (QED) is 0.763. The van der Waals surface area contributed by atoms with Crippen molar-refractivity contribution in [2.75, 3.05) is 19.6 Å². The van der Waals surface area contributed by atoms with Crippen molar-refractivity contribution in [1.82, 2.24) is 15.1 Å². The molecule has 7 heteroatoms. The molecule has 0 saturated carbocycles. The molecule has 114 valence electrons. The summed E-state index contributed by atoms with van der Waals surface area (Å²) in [6, 6.07) is 0. The van der Waals surface area contributed by atoms with Gasteiger partial charge in [-0.3, -0.25) is 9.59 Å².